The number of carbonyl (C=O) groups is 2. The number of sulfonamides is 1. The number of nitrogens with one attached hydrogen (secondary N) is 1. The van der Waals surface area contributed by atoms with E-state index in [1.165, 1.54) is 23.1 Å². The highest BCUT2D eigenvalue weighted by atomic mass is 35.5. The molecular formula is C30H35Cl2N3O5S. The molecule has 3 rings (SSSR count). The molecule has 3 aromatic carbocycles. The van der Waals surface area contributed by atoms with Crippen molar-refractivity contribution in [3.63, 3.8) is 0 Å². The van der Waals surface area contributed by atoms with E-state index in [4.69, 9.17) is 27.9 Å². The summed E-state index contributed by atoms with van der Waals surface area (Å²) >= 11 is 12.3. The van der Waals surface area contributed by atoms with Crippen molar-refractivity contribution < 1.29 is 22.7 Å². The number of rotatable bonds is 13. The molecule has 1 unspecified atom stereocenters. The lowest BCUT2D eigenvalue weighted by atomic mass is 10.0. The Kier molecular flexibility index (Phi) is 11.5. The van der Waals surface area contributed by atoms with Crippen molar-refractivity contribution in [3.8, 4) is 5.75 Å². The molecule has 0 saturated heterocycles. The lowest BCUT2D eigenvalue weighted by Crippen LogP contribution is -2.53. The molecule has 0 aromatic heterocycles. The van der Waals surface area contributed by atoms with Crippen LogP contribution in [0.4, 0.5) is 5.69 Å². The zero-order valence-electron chi connectivity index (χ0n) is 23.5. The van der Waals surface area contributed by atoms with Gasteiger partial charge in [-0.25, -0.2) is 8.42 Å². The highest BCUT2D eigenvalue weighted by Gasteiger charge is 2.33. The number of hydrogen-bond donors (Lipinski definition) is 1. The molecule has 0 bridgehead atoms. The van der Waals surface area contributed by atoms with Crippen molar-refractivity contribution in [3.05, 3.63) is 94.0 Å². The van der Waals surface area contributed by atoms with Gasteiger partial charge in [-0.2, -0.15) is 0 Å². The molecule has 0 saturated carbocycles. The van der Waals surface area contributed by atoms with Crippen LogP contribution in [0.3, 0.4) is 0 Å². The summed E-state index contributed by atoms with van der Waals surface area (Å²) < 4.78 is 32.1. The summed E-state index contributed by atoms with van der Waals surface area (Å²) in [6.07, 6.45) is 1.22. The molecule has 0 aliphatic heterocycles. The smallest absolute Gasteiger partial charge is 0.244 e. The average molecular weight is 621 g/mol. The zero-order valence-corrected chi connectivity index (χ0v) is 25.8. The van der Waals surface area contributed by atoms with E-state index in [0.717, 1.165) is 16.1 Å². The van der Waals surface area contributed by atoms with E-state index in [1.807, 2.05) is 50.2 Å². The first-order valence-corrected chi connectivity index (χ1v) is 15.7. The minimum atomic E-state index is -3.94. The average Bonchev–Trinajstić information content (AvgIpc) is 2.91. The second-order valence-electron chi connectivity index (χ2n) is 10.1. The van der Waals surface area contributed by atoms with Crippen molar-refractivity contribution in [1.29, 1.82) is 0 Å². The van der Waals surface area contributed by atoms with Gasteiger partial charge in [0.05, 0.1) is 19.1 Å². The molecule has 1 N–H and O–H groups in total. The van der Waals surface area contributed by atoms with Gasteiger partial charge < -0.3 is 15.0 Å². The molecule has 0 spiro atoms. The van der Waals surface area contributed by atoms with E-state index in [0.29, 0.717) is 17.9 Å². The van der Waals surface area contributed by atoms with Crippen molar-refractivity contribution in [2.45, 2.75) is 32.9 Å². The first kappa shape index (κ1) is 32.2. The normalized spacial score (nSPS) is 12.1. The third-order valence-electron chi connectivity index (χ3n) is 6.26. The van der Waals surface area contributed by atoms with Gasteiger partial charge in [-0.1, -0.05) is 79.5 Å². The molecular weight excluding hydrogens is 585 g/mol. The van der Waals surface area contributed by atoms with Gasteiger partial charge >= 0.3 is 0 Å². The van der Waals surface area contributed by atoms with Crippen LogP contribution in [0.2, 0.25) is 10.0 Å². The Hall–Kier alpha value is -3.27. The number of nitrogens with zero attached hydrogens (tertiary/aromatic N) is 2. The summed E-state index contributed by atoms with van der Waals surface area (Å²) in [6, 6.07) is 19.9. The van der Waals surface area contributed by atoms with Gasteiger partial charge in [0.15, 0.2) is 0 Å². The minimum absolute atomic E-state index is 0.0382. The molecule has 1 atom stereocenters. The van der Waals surface area contributed by atoms with Gasteiger partial charge in [-0.05, 0) is 47.4 Å². The Bertz CT molecular complexity index is 1430. The van der Waals surface area contributed by atoms with Gasteiger partial charge in [-0.15, -0.1) is 0 Å². The van der Waals surface area contributed by atoms with Crippen molar-refractivity contribution in [2.75, 3.05) is 30.8 Å². The van der Waals surface area contributed by atoms with Crippen molar-refractivity contribution >= 4 is 50.7 Å². The second kappa shape index (κ2) is 14.6. The third-order valence-corrected chi connectivity index (χ3v) is 7.83. The Morgan fingerprint density at radius 3 is 2.15 bits per heavy atom. The van der Waals surface area contributed by atoms with Gasteiger partial charge in [0.1, 0.15) is 18.3 Å². The van der Waals surface area contributed by atoms with Crippen LogP contribution >= 0.6 is 23.2 Å². The number of anilines is 1. The molecule has 220 valence electrons. The molecule has 0 heterocycles. The van der Waals surface area contributed by atoms with Gasteiger partial charge in [-0.3, -0.25) is 13.9 Å². The maximum Gasteiger partial charge on any atom is 0.244 e. The van der Waals surface area contributed by atoms with E-state index in [9.17, 15) is 18.0 Å². The van der Waals surface area contributed by atoms with E-state index in [2.05, 4.69) is 5.32 Å². The predicted octanol–water partition coefficient (Wildman–Crippen LogP) is 5.18. The number of ether oxygens (including phenoxy) is 1. The summed E-state index contributed by atoms with van der Waals surface area (Å²) in [5, 5.41) is 3.39. The number of methoxy groups -OCH3 is 1. The maximum absolute atomic E-state index is 14.1. The summed E-state index contributed by atoms with van der Waals surface area (Å²) in [5.41, 5.74) is 1.70. The first-order valence-electron chi connectivity index (χ1n) is 13.0. The number of amides is 2. The quantitative estimate of drug-likeness (QED) is 0.284. The minimum Gasteiger partial charge on any atom is -0.497 e. The van der Waals surface area contributed by atoms with Crippen molar-refractivity contribution in [2.24, 2.45) is 5.92 Å². The van der Waals surface area contributed by atoms with Crippen molar-refractivity contribution in [1.82, 2.24) is 10.2 Å². The zero-order chi connectivity index (χ0) is 30.2. The molecule has 0 fully saturated rings. The molecule has 0 radical (unpaired) electrons. The maximum atomic E-state index is 14.1. The van der Waals surface area contributed by atoms with E-state index < -0.39 is 28.5 Å². The molecule has 11 heteroatoms. The van der Waals surface area contributed by atoms with Gasteiger partial charge in [0.25, 0.3) is 0 Å². The van der Waals surface area contributed by atoms with Crippen LogP contribution < -0.4 is 14.4 Å². The standard InChI is InChI=1S/C30H35Cl2N3O5S/c1-21(2)18-33-30(37)28(14-22-9-6-5-7-10-22)34(19-23-11-8-12-27(13-23)40-3)29(36)20-35(41(4,38)39)26-16-24(31)15-25(32)17-26/h5-13,15-17,21,28H,14,18-20H2,1-4H3,(H,33,37). The fraction of sp³-hybridized carbons (Fsp3) is 0.333. The number of benzene rings is 3. The highest BCUT2D eigenvalue weighted by molar-refractivity contribution is 7.92. The predicted molar refractivity (Wildman–Crippen MR) is 164 cm³/mol. The van der Waals surface area contributed by atoms with E-state index >= 15 is 0 Å². The van der Waals surface area contributed by atoms with E-state index in [1.54, 1.807) is 25.3 Å². The summed E-state index contributed by atoms with van der Waals surface area (Å²) in [4.78, 5) is 29.2. The number of halogens is 2. The van der Waals surface area contributed by atoms with Crippen LogP contribution in [-0.4, -0.2) is 57.6 Å². The number of carbonyl (C=O) groups excluding carboxylic acids is 2. The topological polar surface area (TPSA) is 96.0 Å². The third kappa shape index (κ3) is 9.66. The van der Waals surface area contributed by atoms with Crippen LogP contribution in [0.15, 0.2) is 72.8 Å². The Morgan fingerprint density at radius 2 is 1.56 bits per heavy atom. The molecule has 2 amide bonds. The van der Waals surface area contributed by atoms with Crippen LogP contribution in [0.5, 0.6) is 5.75 Å². The molecule has 0 aliphatic rings. The lowest BCUT2D eigenvalue weighted by Gasteiger charge is -2.33. The fourth-order valence-electron chi connectivity index (χ4n) is 4.24. The Morgan fingerprint density at radius 1 is 0.927 bits per heavy atom. The highest BCUT2D eigenvalue weighted by Crippen LogP contribution is 2.28. The van der Waals surface area contributed by atoms with Crippen LogP contribution in [0, 0.1) is 5.92 Å². The molecule has 3 aromatic rings. The molecule has 0 aliphatic carbocycles. The molecule has 41 heavy (non-hydrogen) atoms. The lowest BCUT2D eigenvalue weighted by molar-refractivity contribution is -0.140. The monoisotopic (exact) mass is 619 g/mol. The largest absolute Gasteiger partial charge is 0.497 e. The summed E-state index contributed by atoms with van der Waals surface area (Å²) in [5.74, 6) is -0.136. The first-order chi connectivity index (χ1) is 19.4. The summed E-state index contributed by atoms with van der Waals surface area (Å²) in [6.45, 7) is 3.85. The fourth-order valence-corrected chi connectivity index (χ4v) is 5.59. The van der Waals surface area contributed by atoms with E-state index in [-0.39, 0.29) is 40.5 Å². The van der Waals surface area contributed by atoms with Gasteiger partial charge in [0, 0.05) is 29.6 Å². The Balaban J connectivity index is 2.08. The molecule has 8 nitrogen and oxygen atoms in total. The Labute approximate surface area is 252 Å². The van der Waals surface area contributed by atoms with Crippen LogP contribution in [-0.2, 0) is 32.6 Å². The SMILES string of the molecule is COc1cccc(CN(C(=O)CN(c2cc(Cl)cc(Cl)c2)S(C)(=O)=O)C(Cc2ccccc2)C(=O)NCC(C)C)c1. The number of hydrogen-bond acceptors (Lipinski definition) is 5. The van der Waals surface area contributed by atoms with Gasteiger partial charge in [0.2, 0.25) is 21.8 Å². The van der Waals surface area contributed by atoms with Crippen LogP contribution in [0.25, 0.3) is 0 Å². The summed E-state index contributed by atoms with van der Waals surface area (Å²) in [7, 11) is -2.40. The second-order valence-corrected chi connectivity index (χ2v) is 12.9. The van der Waals surface area contributed by atoms with Crippen LogP contribution in [0.1, 0.15) is 25.0 Å².